The molecule has 0 saturated carbocycles. The average molecular weight is 491 g/mol. The van der Waals surface area contributed by atoms with E-state index in [-0.39, 0.29) is 11.6 Å². The van der Waals surface area contributed by atoms with Gasteiger partial charge in [-0.1, -0.05) is 76.3 Å². The lowest BCUT2D eigenvalue weighted by Gasteiger charge is -2.13. The van der Waals surface area contributed by atoms with E-state index in [1.54, 1.807) is 6.08 Å². The van der Waals surface area contributed by atoms with E-state index in [0.717, 1.165) is 18.4 Å². The molecule has 1 aliphatic carbocycles. The van der Waals surface area contributed by atoms with Gasteiger partial charge in [0.05, 0.1) is 22.7 Å². The van der Waals surface area contributed by atoms with Crippen LogP contribution in [-0.2, 0) is 0 Å². The van der Waals surface area contributed by atoms with E-state index >= 15 is 0 Å². The van der Waals surface area contributed by atoms with Crippen molar-refractivity contribution in [2.45, 2.75) is 74.3 Å². The molecule has 36 heavy (non-hydrogen) atoms. The van der Waals surface area contributed by atoms with Crippen LogP contribution in [0.3, 0.4) is 0 Å². The standard InChI is InChI=1S/C26H34N6.2C2H6/c1-9-11-24-13-10-12-23(14-19(24)4)17-29-21(6)26(31-22(7)30-18(2)3)15-25(32-28-8)20(5)16-27;2*1-2/h9-10,12,14-15,18,29,32H,1,5-6,8,11,13,17H2,2-4,7H3;2*1-2H3/b25-15-,30-22?,31-26?;;. The van der Waals surface area contributed by atoms with Crippen LogP contribution in [0.2, 0.25) is 0 Å². The Morgan fingerprint density at radius 3 is 2.39 bits per heavy atom. The van der Waals surface area contributed by atoms with E-state index in [9.17, 15) is 5.26 Å². The number of hydrazone groups is 1. The first-order valence-corrected chi connectivity index (χ1v) is 12.5. The van der Waals surface area contributed by atoms with Crippen molar-refractivity contribution in [3.05, 3.63) is 83.8 Å². The number of aliphatic imine (C=N–C) groups is 2. The Hall–Kier alpha value is -3.72. The highest BCUT2D eigenvalue weighted by molar-refractivity contribution is 6.13. The fraction of sp³-hybridized carbons (Fsp3) is 0.400. The zero-order valence-electron chi connectivity index (χ0n) is 23.7. The molecular weight excluding hydrogens is 444 g/mol. The summed E-state index contributed by atoms with van der Waals surface area (Å²) in [5.41, 5.74) is 8.14. The number of amidine groups is 1. The molecule has 1 aliphatic rings. The van der Waals surface area contributed by atoms with Gasteiger partial charge in [0.2, 0.25) is 0 Å². The normalized spacial score (nSPS) is 13.7. The highest BCUT2D eigenvalue weighted by Crippen LogP contribution is 2.21. The third-order valence-electron chi connectivity index (χ3n) is 4.53. The molecule has 0 aliphatic heterocycles. The third kappa shape index (κ3) is 13.9. The SMILES string of the molecule is C=CCC1=C(C)C=C(CNC(=C)C(/C=C(\NN=C)C(=C)C#N)=NC(C)=NC(C)C)C=CC1.CC.CC. The van der Waals surface area contributed by atoms with Crippen LogP contribution in [0.15, 0.2) is 98.9 Å². The molecule has 0 spiro atoms. The number of nitrogens with one attached hydrogen (secondary N) is 2. The summed E-state index contributed by atoms with van der Waals surface area (Å²) < 4.78 is 0. The third-order valence-corrected chi connectivity index (χ3v) is 4.53. The molecule has 0 atom stereocenters. The van der Waals surface area contributed by atoms with Crippen molar-refractivity contribution in [1.29, 1.82) is 5.26 Å². The number of nitrogens with zero attached hydrogens (tertiary/aromatic N) is 4. The lowest BCUT2D eigenvalue weighted by atomic mass is 10.0. The van der Waals surface area contributed by atoms with Gasteiger partial charge in [-0.15, -0.1) is 6.58 Å². The molecule has 0 amide bonds. The van der Waals surface area contributed by atoms with Crippen molar-refractivity contribution in [1.82, 2.24) is 10.7 Å². The van der Waals surface area contributed by atoms with Crippen molar-refractivity contribution in [2.75, 3.05) is 6.54 Å². The number of hydrogen-bond donors (Lipinski definition) is 2. The molecular formula is C30H46N6. The quantitative estimate of drug-likeness (QED) is 0.0792. The zero-order chi connectivity index (χ0) is 28.1. The van der Waals surface area contributed by atoms with Crippen LogP contribution in [0.1, 0.15) is 68.2 Å². The fourth-order valence-corrected chi connectivity index (χ4v) is 3.00. The Bertz CT molecular complexity index is 975. The Balaban J connectivity index is 0. The molecule has 0 unspecified atom stereocenters. The van der Waals surface area contributed by atoms with Gasteiger partial charge < -0.3 is 5.32 Å². The summed E-state index contributed by atoms with van der Waals surface area (Å²) >= 11 is 0. The van der Waals surface area contributed by atoms with E-state index < -0.39 is 0 Å². The summed E-state index contributed by atoms with van der Waals surface area (Å²) in [5.74, 6) is 0.601. The topological polar surface area (TPSA) is 84.9 Å². The number of allylic oxidation sites excluding steroid dienone is 7. The van der Waals surface area contributed by atoms with Gasteiger partial charge in [-0.3, -0.25) is 10.4 Å². The van der Waals surface area contributed by atoms with Crippen LogP contribution in [0.25, 0.3) is 0 Å². The lowest BCUT2D eigenvalue weighted by Crippen LogP contribution is -2.22. The first-order chi connectivity index (χ1) is 17.2. The molecule has 0 aromatic carbocycles. The molecule has 0 aromatic heterocycles. The van der Waals surface area contributed by atoms with Crippen molar-refractivity contribution in [3.63, 3.8) is 0 Å². The van der Waals surface area contributed by atoms with Crippen LogP contribution in [0, 0.1) is 11.3 Å². The van der Waals surface area contributed by atoms with Gasteiger partial charge in [0, 0.05) is 19.3 Å². The summed E-state index contributed by atoms with van der Waals surface area (Å²) in [6.45, 7) is 31.6. The maximum Gasteiger partial charge on any atom is 0.121 e. The molecule has 0 aromatic rings. The highest BCUT2D eigenvalue weighted by Gasteiger charge is 2.10. The van der Waals surface area contributed by atoms with Gasteiger partial charge >= 0.3 is 0 Å². The summed E-state index contributed by atoms with van der Waals surface area (Å²) in [7, 11) is 0. The largest absolute Gasteiger partial charge is 0.380 e. The summed E-state index contributed by atoms with van der Waals surface area (Å²) in [6, 6.07) is 2.12. The Labute approximate surface area is 220 Å². The minimum atomic E-state index is 0.104. The van der Waals surface area contributed by atoms with Crippen molar-refractivity contribution in [3.8, 4) is 6.07 Å². The van der Waals surface area contributed by atoms with Gasteiger partial charge in [0.25, 0.3) is 0 Å². The fourth-order valence-electron chi connectivity index (χ4n) is 3.00. The molecule has 2 N–H and O–H groups in total. The second-order valence-corrected chi connectivity index (χ2v) is 7.62. The molecule has 0 saturated heterocycles. The summed E-state index contributed by atoms with van der Waals surface area (Å²) in [4.78, 5) is 9.07. The minimum absolute atomic E-state index is 0.104. The van der Waals surface area contributed by atoms with Gasteiger partial charge in [-0.05, 0) is 52.2 Å². The monoisotopic (exact) mass is 490 g/mol. The maximum atomic E-state index is 9.25. The Morgan fingerprint density at radius 1 is 1.22 bits per heavy atom. The zero-order valence-corrected chi connectivity index (χ0v) is 23.7. The van der Waals surface area contributed by atoms with E-state index in [1.165, 1.54) is 11.1 Å². The molecule has 0 radical (unpaired) electrons. The van der Waals surface area contributed by atoms with Crippen LogP contribution < -0.4 is 10.7 Å². The molecule has 0 heterocycles. The molecule has 6 nitrogen and oxygen atoms in total. The Morgan fingerprint density at radius 2 is 1.86 bits per heavy atom. The van der Waals surface area contributed by atoms with Crippen LogP contribution in [0.4, 0.5) is 0 Å². The van der Waals surface area contributed by atoms with Crippen molar-refractivity contribution >= 4 is 18.3 Å². The average Bonchev–Trinajstić information content (AvgIpc) is 3.04. The lowest BCUT2D eigenvalue weighted by molar-refractivity contribution is 0.833. The van der Waals surface area contributed by atoms with E-state index in [1.807, 2.05) is 60.6 Å². The molecule has 0 bridgehead atoms. The van der Waals surface area contributed by atoms with E-state index in [2.05, 4.69) is 77.4 Å². The summed E-state index contributed by atoms with van der Waals surface area (Å²) in [6.07, 6.45) is 11.8. The minimum Gasteiger partial charge on any atom is -0.380 e. The van der Waals surface area contributed by atoms with Gasteiger partial charge in [-0.25, -0.2) is 4.99 Å². The number of nitriles is 1. The second kappa shape index (κ2) is 20.6. The van der Waals surface area contributed by atoms with Crippen molar-refractivity contribution < 1.29 is 0 Å². The van der Waals surface area contributed by atoms with E-state index in [4.69, 9.17) is 0 Å². The highest BCUT2D eigenvalue weighted by atomic mass is 15.3. The van der Waals surface area contributed by atoms with Gasteiger partial charge in [0.1, 0.15) is 11.9 Å². The molecule has 1 rings (SSSR count). The first kappa shape index (κ1) is 34.4. The maximum absolute atomic E-state index is 9.25. The summed E-state index contributed by atoms with van der Waals surface area (Å²) in [5, 5.41) is 16.2. The smallest absolute Gasteiger partial charge is 0.121 e. The number of rotatable bonds is 11. The predicted molar refractivity (Wildman–Crippen MR) is 160 cm³/mol. The van der Waals surface area contributed by atoms with Crippen LogP contribution >= 0.6 is 0 Å². The number of hydrogen-bond acceptors (Lipinski definition) is 5. The molecule has 0 fully saturated rings. The van der Waals surface area contributed by atoms with Crippen LogP contribution in [-0.4, -0.2) is 30.9 Å². The van der Waals surface area contributed by atoms with Gasteiger partial charge in [-0.2, -0.15) is 10.4 Å². The van der Waals surface area contributed by atoms with E-state index in [0.29, 0.717) is 29.5 Å². The predicted octanol–water partition coefficient (Wildman–Crippen LogP) is 7.36. The molecule has 6 heteroatoms. The first-order valence-electron chi connectivity index (χ1n) is 12.5. The van der Waals surface area contributed by atoms with Crippen LogP contribution in [0.5, 0.6) is 0 Å². The molecule has 196 valence electrons. The Kier molecular flexibility index (Phi) is 19.7. The van der Waals surface area contributed by atoms with Crippen molar-refractivity contribution in [2.24, 2.45) is 15.1 Å². The second-order valence-electron chi connectivity index (χ2n) is 7.62. The van der Waals surface area contributed by atoms with Gasteiger partial charge in [0.15, 0.2) is 0 Å².